The molecule has 1 aromatic carbocycles. The van der Waals surface area contributed by atoms with E-state index in [2.05, 4.69) is 31.7 Å². The summed E-state index contributed by atoms with van der Waals surface area (Å²) in [4.78, 5) is 12.3. The first-order valence-corrected chi connectivity index (χ1v) is 13.9. The molecule has 4 heterocycles. The molecule has 1 fully saturated rings. The lowest BCUT2D eigenvalue weighted by atomic mass is 9.98. The maximum Gasteiger partial charge on any atom is 0.138 e. The van der Waals surface area contributed by atoms with Gasteiger partial charge in [-0.15, -0.1) is 0 Å². The zero-order chi connectivity index (χ0) is 28.3. The molecule has 1 saturated carbocycles. The topological polar surface area (TPSA) is 88.7 Å². The van der Waals surface area contributed by atoms with Crippen LogP contribution in [0.25, 0.3) is 51.3 Å². The molecule has 208 valence electrons. The number of fused-ring (bicyclic) bond motifs is 1. The molecule has 7 nitrogen and oxygen atoms in total. The molecule has 0 aliphatic heterocycles. The van der Waals surface area contributed by atoms with Gasteiger partial charge in [-0.05, 0) is 85.7 Å². The SMILES string of the molecule is C=C(/C=c1/c(-c2cc3c(-c4cc(F)cc(OC)c4)ccnc3[nH]2)n[nH]/c1=C/C)c1cncc(OC2CCCCC2)c1. The number of H-pyrrole nitrogens is 2. The summed E-state index contributed by atoms with van der Waals surface area (Å²) < 4.78 is 25.8. The number of methoxy groups -OCH3 is 1. The molecule has 0 saturated heterocycles. The van der Waals surface area contributed by atoms with Crippen LogP contribution in [0.1, 0.15) is 44.6 Å². The molecule has 0 spiro atoms. The van der Waals surface area contributed by atoms with Crippen molar-refractivity contribution in [3.8, 4) is 34.0 Å². The number of nitrogens with one attached hydrogen (secondary N) is 2. The number of rotatable bonds is 7. The van der Waals surface area contributed by atoms with Crippen LogP contribution in [0.15, 0.2) is 61.6 Å². The van der Waals surface area contributed by atoms with E-state index in [9.17, 15) is 4.39 Å². The van der Waals surface area contributed by atoms with E-state index in [1.165, 1.54) is 38.5 Å². The van der Waals surface area contributed by atoms with E-state index in [1.807, 2.05) is 43.3 Å². The van der Waals surface area contributed by atoms with E-state index in [4.69, 9.17) is 9.47 Å². The molecule has 5 aromatic rings. The summed E-state index contributed by atoms with van der Waals surface area (Å²) in [5, 5.41) is 10.4. The molecule has 6 rings (SSSR count). The minimum atomic E-state index is -0.367. The first-order valence-electron chi connectivity index (χ1n) is 13.9. The number of halogens is 1. The van der Waals surface area contributed by atoms with E-state index in [0.717, 1.165) is 62.6 Å². The van der Waals surface area contributed by atoms with Crippen LogP contribution in [0.3, 0.4) is 0 Å². The van der Waals surface area contributed by atoms with Gasteiger partial charge in [0.05, 0.1) is 30.5 Å². The fourth-order valence-electron chi connectivity index (χ4n) is 5.47. The number of hydrogen-bond acceptors (Lipinski definition) is 5. The van der Waals surface area contributed by atoms with Crippen molar-refractivity contribution in [2.24, 2.45) is 0 Å². The second-order valence-corrected chi connectivity index (χ2v) is 10.3. The van der Waals surface area contributed by atoms with Crippen LogP contribution in [-0.2, 0) is 0 Å². The molecule has 1 aliphatic carbocycles. The first kappa shape index (κ1) is 26.5. The Morgan fingerprint density at radius 2 is 1.93 bits per heavy atom. The van der Waals surface area contributed by atoms with E-state index < -0.39 is 0 Å². The lowest BCUT2D eigenvalue weighted by Crippen LogP contribution is -2.23. The average molecular weight is 550 g/mol. The standard InChI is InChI=1S/C33H32FN5O2/c1-4-30-29(12-20(2)22-15-26(19-35-18-22)41-24-8-6-5-7-9-24)32(39-38-30)31-17-28-27(10-11-36-33(28)37-31)21-13-23(34)16-25(14-21)40-3/h4,10-19,24,38H,2,5-9H2,1,3H3,(H,36,37)/b29-12+,30-4+. The fourth-order valence-corrected chi connectivity index (χ4v) is 5.47. The van der Waals surface area contributed by atoms with Crippen molar-refractivity contribution >= 4 is 28.8 Å². The molecule has 0 radical (unpaired) electrons. The summed E-state index contributed by atoms with van der Waals surface area (Å²) in [6, 6.07) is 10.5. The van der Waals surface area contributed by atoms with Crippen LogP contribution in [-0.4, -0.2) is 38.4 Å². The Bertz CT molecular complexity index is 1850. The molecule has 1 aliphatic rings. The fraction of sp³-hybridized carbons (Fsp3) is 0.242. The molecule has 0 unspecified atom stereocenters. The van der Waals surface area contributed by atoms with Gasteiger partial charge >= 0.3 is 0 Å². The van der Waals surface area contributed by atoms with Gasteiger partial charge in [-0.1, -0.05) is 19.1 Å². The second kappa shape index (κ2) is 11.4. The minimum absolute atomic E-state index is 0.244. The number of benzene rings is 1. The first-order chi connectivity index (χ1) is 20.0. The normalized spacial score (nSPS) is 15.0. The predicted molar refractivity (Wildman–Crippen MR) is 160 cm³/mol. The van der Waals surface area contributed by atoms with Gasteiger partial charge in [-0.2, -0.15) is 5.10 Å². The summed E-state index contributed by atoms with van der Waals surface area (Å²) in [6.07, 6.45) is 15.4. The van der Waals surface area contributed by atoms with E-state index in [0.29, 0.717) is 17.0 Å². The minimum Gasteiger partial charge on any atom is -0.497 e. The highest BCUT2D eigenvalue weighted by Gasteiger charge is 2.16. The molecule has 0 bridgehead atoms. The number of aromatic nitrogens is 5. The van der Waals surface area contributed by atoms with Gasteiger partial charge in [-0.25, -0.2) is 9.37 Å². The van der Waals surface area contributed by atoms with Gasteiger partial charge < -0.3 is 14.5 Å². The number of aromatic amines is 2. The number of nitrogens with zero attached hydrogens (tertiary/aromatic N) is 3. The highest BCUT2D eigenvalue weighted by Crippen LogP contribution is 2.33. The highest BCUT2D eigenvalue weighted by atomic mass is 19.1. The second-order valence-electron chi connectivity index (χ2n) is 10.3. The third kappa shape index (κ3) is 5.50. The zero-order valence-electron chi connectivity index (χ0n) is 23.2. The highest BCUT2D eigenvalue weighted by molar-refractivity contribution is 5.96. The lowest BCUT2D eigenvalue weighted by Gasteiger charge is -2.23. The molecule has 0 amide bonds. The number of pyridine rings is 2. The van der Waals surface area contributed by atoms with Gasteiger partial charge in [0, 0.05) is 34.6 Å². The maximum atomic E-state index is 14.3. The lowest BCUT2D eigenvalue weighted by molar-refractivity contribution is 0.154. The smallest absolute Gasteiger partial charge is 0.138 e. The van der Waals surface area contributed by atoms with Crippen LogP contribution in [0.5, 0.6) is 11.5 Å². The molecule has 2 N–H and O–H groups in total. The summed E-state index contributed by atoms with van der Waals surface area (Å²) in [5.41, 5.74) is 5.39. The van der Waals surface area contributed by atoms with Crippen LogP contribution in [0.4, 0.5) is 4.39 Å². The Labute approximate surface area is 237 Å². The summed E-state index contributed by atoms with van der Waals surface area (Å²) in [6.45, 7) is 6.30. The summed E-state index contributed by atoms with van der Waals surface area (Å²) in [5.74, 6) is 0.852. The van der Waals surface area contributed by atoms with Crippen molar-refractivity contribution in [2.45, 2.75) is 45.1 Å². The van der Waals surface area contributed by atoms with Crippen molar-refractivity contribution in [2.75, 3.05) is 7.11 Å². The molecular weight excluding hydrogens is 517 g/mol. The van der Waals surface area contributed by atoms with Crippen LogP contribution < -0.4 is 20.0 Å². The Hall–Kier alpha value is -4.72. The largest absolute Gasteiger partial charge is 0.497 e. The average Bonchev–Trinajstić information content (AvgIpc) is 3.61. The Morgan fingerprint density at radius 3 is 2.73 bits per heavy atom. The molecule has 0 atom stereocenters. The Morgan fingerprint density at radius 1 is 1.07 bits per heavy atom. The molecule has 4 aromatic heterocycles. The van der Waals surface area contributed by atoms with Crippen molar-refractivity contribution in [3.05, 3.63) is 83.5 Å². The van der Waals surface area contributed by atoms with Crippen molar-refractivity contribution < 1.29 is 13.9 Å². The van der Waals surface area contributed by atoms with Crippen molar-refractivity contribution in [1.29, 1.82) is 0 Å². The molecule has 8 heteroatoms. The zero-order valence-corrected chi connectivity index (χ0v) is 23.2. The molecular formula is C33H32FN5O2. The van der Waals surface area contributed by atoms with Gasteiger partial charge in [0.25, 0.3) is 0 Å². The Balaban J connectivity index is 1.38. The number of hydrogen-bond donors (Lipinski definition) is 2. The van der Waals surface area contributed by atoms with Crippen LogP contribution in [0.2, 0.25) is 0 Å². The third-order valence-electron chi connectivity index (χ3n) is 7.58. The van der Waals surface area contributed by atoms with Gasteiger partial charge in [-0.3, -0.25) is 10.1 Å². The van der Waals surface area contributed by atoms with Gasteiger partial charge in [0.1, 0.15) is 28.7 Å². The Kier molecular flexibility index (Phi) is 7.37. The van der Waals surface area contributed by atoms with Crippen LogP contribution >= 0.6 is 0 Å². The quantitative estimate of drug-likeness (QED) is 0.254. The van der Waals surface area contributed by atoms with E-state index >= 15 is 0 Å². The summed E-state index contributed by atoms with van der Waals surface area (Å²) >= 11 is 0. The van der Waals surface area contributed by atoms with E-state index in [1.54, 1.807) is 18.6 Å². The molecule has 41 heavy (non-hydrogen) atoms. The summed E-state index contributed by atoms with van der Waals surface area (Å²) in [7, 11) is 1.52. The maximum absolute atomic E-state index is 14.3. The van der Waals surface area contributed by atoms with Gasteiger partial charge in [0.15, 0.2) is 0 Å². The number of ether oxygens (including phenoxy) is 2. The van der Waals surface area contributed by atoms with Crippen molar-refractivity contribution in [3.63, 3.8) is 0 Å². The monoisotopic (exact) mass is 549 g/mol. The third-order valence-corrected chi connectivity index (χ3v) is 7.58. The van der Waals surface area contributed by atoms with Gasteiger partial charge in [0.2, 0.25) is 0 Å². The van der Waals surface area contributed by atoms with E-state index in [-0.39, 0.29) is 11.9 Å². The van der Waals surface area contributed by atoms with Crippen molar-refractivity contribution in [1.82, 2.24) is 25.1 Å². The predicted octanol–water partition coefficient (Wildman–Crippen LogP) is 6.17. The number of allylic oxidation sites excluding steroid dienone is 1. The van der Waals surface area contributed by atoms with Crippen LogP contribution in [0, 0.1) is 5.82 Å².